The number of pyridine rings is 1. The first-order valence-corrected chi connectivity index (χ1v) is 8.62. The Morgan fingerprint density at radius 2 is 1.92 bits per heavy atom. The number of amides is 3. The molecule has 0 atom stereocenters. The fourth-order valence-corrected chi connectivity index (χ4v) is 3.00. The molecule has 6 nitrogen and oxygen atoms in total. The van der Waals surface area contributed by atoms with Crippen LogP contribution in [0.25, 0.3) is 0 Å². The molecule has 7 heteroatoms. The quantitative estimate of drug-likeness (QED) is 0.738. The second-order valence-corrected chi connectivity index (χ2v) is 6.99. The third-order valence-electron chi connectivity index (χ3n) is 4.20. The molecule has 24 heavy (non-hydrogen) atoms. The van der Waals surface area contributed by atoms with E-state index < -0.39 is 0 Å². The molecule has 0 N–H and O–H groups in total. The average Bonchev–Trinajstić information content (AvgIpc) is 2.87. The largest absolute Gasteiger partial charge is 0.327 e. The average molecular weight is 353 g/mol. The Kier molecular flexibility index (Phi) is 6.18. The zero-order valence-electron chi connectivity index (χ0n) is 14.7. The monoisotopic (exact) mass is 352 g/mol. The molecule has 1 aliphatic rings. The fourth-order valence-electron chi connectivity index (χ4n) is 2.88. The second kappa shape index (κ2) is 7.94. The van der Waals surface area contributed by atoms with Gasteiger partial charge in [0, 0.05) is 37.9 Å². The number of hydrogen-bond acceptors (Lipinski definition) is 4. The Morgan fingerprint density at radius 3 is 2.46 bits per heavy atom. The molecule has 2 rings (SSSR count). The van der Waals surface area contributed by atoms with Crippen LogP contribution < -0.4 is 0 Å². The first kappa shape index (κ1) is 18.7. The SMILES string of the molecule is CC(C)N(CC(=O)N1CCN(Cc2ccc(Cl)nc2)C1=O)C(C)C. The van der Waals surface area contributed by atoms with Crippen LogP contribution in [0, 0.1) is 0 Å². The van der Waals surface area contributed by atoms with E-state index >= 15 is 0 Å². The standard InChI is InChI=1S/C17H25ClN4O2/c1-12(2)22(13(3)4)11-16(23)21-8-7-20(17(21)24)10-14-5-6-15(18)19-9-14/h5-6,9,12-13H,7-8,10-11H2,1-4H3. The Labute approximate surface area is 148 Å². The number of carbonyl (C=O) groups is 2. The highest BCUT2D eigenvalue weighted by Gasteiger charge is 2.34. The third-order valence-corrected chi connectivity index (χ3v) is 4.43. The van der Waals surface area contributed by atoms with Crippen molar-refractivity contribution in [3.8, 4) is 0 Å². The van der Waals surface area contributed by atoms with Gasteiger partial charge < -0.3 is 4.90 Å². The number of aromatic nitrogens is 1. The zero-order valence-corrected chi connectivity index (χ0v) is 15.5. The van der Waals surface area contributed by atoms with Gasteiger partial charge >= 0.3 is 6.03 Å². The van der Waals surface area contributed by atoms with Crippen molar-refractivity contribution < 1.29 is 9.59 Å². The predicted octanol–water partition coefficient (Wildman–Crippen LogP) is 2.62. The summed E-state index contributed by atoms with van der Waals surface area (Å²) >= 11 is 5.77. The lowest BCUT2D eigenvalue weighted by Gasteiger charge is -2.30. The normalized spacial score (nSPS) is 15.2. The van der Waals surface area contributed by atoms with Crippen LogP contribution >= 0.6 is 11.6 Å². The maximum Gasteiger partial charge on any atom is 0.327 e. The second-order valence-electron chi connectivity index (χ2n) is 6.60. The van der Waals surface area contributed by atoms with Gasteiger partial charge in [0.05, 0.1) is 6.54 Å². The lowest BCUT2D eigenvalue weighted by Crippen LogP contribution is -2.47. The minimum Gasteiger partial charge on any atom is -0.318 e. The number of hydrogen-bond donors (Lipinski definition) is 0. The van der Waals surface area contributed by atoms with Crippen LogP contribution in [-0.2, 0) is 11.3 Å². The summed E-state index contributed by atoms with van der Waals surface area (Å²) in [6.07, 6.45) is 1.65. The number of carbonyl (C=O) groups excluding carboxylic acids is 2. The van der Waals surface area contributed by atoms with Gasteiger partial charge in [-0.1, -0.05) is 17.7 Å². The zero-order chi connectivity index (χ0) is 17.9. The molecule has 0 aliphatic carbocycles. The van der Waals surface area contributed by atoms with Gasteiger partial charge in [0.25, 0.3) is 0 Å². The van der Waals surface area contributed by atoms with Crippen molar-refractivity contribution >= 4 is 23.5 Å². The van der Waals surface area contributed by atoms with Crippen molar-refractivity contribution in [2.24, 2.45) is 0 Å². The van der Waals surface area contributed by atoms with E-state index in [4.69, 9.17) is 11.6 Å². The van der Waals surface area contributed by atoms with E-state index in [-0.39, 0.29) is 30.6 Å². The van der Waals surface area contributed by atoms with Gasteiger partial charge in [-0.15, -0.1) is 0 Å². The minimum absolute atomic E-state index is 0.140. The van der Waals surface area contributed by atoms with E-state index in [2.05, 4.69) is 37.6 Å². The fraction of sp³-hybridized carbons (Fsp3) is 0.588. The van der Waals surface area contributed by atoms with Crippen LogP contribution in [0.15, 0.2) is 18.3 Å². The Hall–Kier alpha value is -1.66. The molecule has 2 heterocycles. The molecule has 0 unspecified atom stereocenters. The number of urea groups is 1. The van der Waals surface area contributed by atoms with Crippen LogP contribution in [-0.4, -0.2) is 63.3 Å². The Morgan fingerprint density at radius 1 is 1.25 bits per heavy atom. The summed E-state index contributed by atoms with van der Waals surface area (Å²) < 4.78 is 0. The lowest BCUT2D eigenvalue weighted by molar-refractivity contribution is -0.129. The van der Waals surface area contributed by atoms with Crippen LogP contribution in [0.5, 0.6) is 0 Å². The highest BCUT2D eigenvalue weighted by atomic mass is 35.5. The molecule has 0 bridgehead atoms. The lowest BCUT2D eigenvalue weighted by atomic mass is 10.2. The van der Waals surface area contributed by atoms with Crippen LogP contribution in [0.3, 0.4) is 0 Å². The molecule has 1 fully saturated rings. The molecular weight excluding hydrogens is 328 g/mol. The summed E-state index contributed by atoms with van der Waals surface area (Å²) in [7, 11) is 0. The van der Waals surface area contributed by atoms with Crippen LogP contribution in [0.4, 0.5) is 4.79 Å². The molecule has 0 saturated carbocycles. The molecule has 3 amide bonds. The molecule has 1 aromatic heterocycles. The Bertz CT molecular complexity index is 581. The van der Waals surface area contributed by atoms with Crippen molar-refractivity contribution in [3.05, 3.63) is 29.0 Å². The molecule has 0 radical (unpaired) electrons. The van der Waals surface area contributed by atoms with Gasteiger partial charge in [-0.25, -0.2) is 9.78 Å². The van der Waals surface area contributed by atoms with Gasteiger partial charge in [0.1, 0.15) is 5.15 Å². The van der Waals surface area contributed by atoms with Crippen molar-refractivity contribution in [2.45, 2.75) is 46.3 Å². The Balaban J connectivity index is 1.97. The smallest absolute Gasteiger partial charge is 0.318 e. The van der Waals surface area contributed by atoms with Gasteiger partial charge in [-0.05, 0) is 39.3 Å². The van der Waals surface area contributed by atoms with Crippen molar-refractivity contribution in [3.63, 3.8) is 0 Å². The van der Waals surface area contributed by atoms with Crippen molar-refractivity contribution in [2.75, 3.05) is 19.6 Å². The van der Waals surface area contributed by atoms with Gasteiger partial charge in [0.15, 0.2) is 0 Å². The summed E-state index contributed by atoms with van der Waals surface area (Å²) in [4.78, 5) is 34.1. The summed E-state index contributed by atoms with van der Waals surface area (Å²) in [5.41, 5.74) is 0.896. The van der Waals surface area contributed by atoms with E-state index in [9.17, 15) is 9.59 Å². The highest BCUT2D eigenvalue weighted by molar-refractivity contribution is 6.29. The molecule has 0 aromatic carbocycles. The topological polar surface area (TPSA) is 56.8 Å². The van der Waals surface area contributed by atoms with E-state index in [1.165, 1.54) is 4.90 Å². The summed E-state index contributed by atoms with van der Waals surface area (Å²) in [6, 6.07) is 3.81. The van der Waals surface area contributed by atoms with Crippen molar-refractivity contribution in [1.29, 1.82) is 0 Å². The minimum atomic E-state index is -0.234. The highest BCUT2D eigenvalue weighted by Crippen LogP contribution is 2.15. The van der Waals surface area contributed by atoms with E-state index in [0.29, 0.717) is 24.8 Å². The molecule has 1 saturated heterocycles. The van der Waals surface area contributed by atoms with Crippen molar-refractivity contribution in [1.82, 2.24) is 19.7 Å². The first-order valence-electron chi connectivity index (χ1n) is 8.25. The van der Waals surface area contributed by atoms with Gasteiger partial charge in [0.2, 0.25) is 5.91 Å². The molecule has 1 aliphatic heterocycles. The van der Waals surface area contributed by atoms with Crippen LogP contribution in [0.2, 0.25) is 5.15 Å². The number of nitrogens with zero attached hydrogens (tertiary/aromatic N) is 4. The molecule has 1 aromatic rings. The van der Waals surface area contributed by atoms with E-state index in [0.717, 1.165) is 5.56 Å². The van der Waals surface area contributed by atoms with E-state index in [1.54, 1.807) is 17.2 Å². The van der Waals surface area contributed by atoms with Gasteiger partial charge in [-0.3, -0.25) is 14.6 Å². The molecular formula is C17H25ClN4O2. The first-order chi connectivity index (χ1) is 11.3. The number of imide groups is 1. The maximum absolute atomic E-state index is 12.5. The molecule has 132 valence electrons. The summed E-state index contributed by atoms with van der Waals surface area (Å²) in [5.74, 6) is -0.140. The van der Waals surface area contributed by atoms with Crippen LogP contribution in [0.1, 0.15) is 33.3 Å². The number of halogens is 1. The molecule has 0 spiro atoms. The van der Waals surface area contributed by atoms with Gasteiger partial charge in [-0.2, -0.15) is 0 Å². The summed E-state index contributed by atoms with van der Waals surface area (Å²) in [6.45, 7) is 9.89. The summed E-state index contributed by atoms with van der Waals surface area (Å²) in [5, 5.41) is 0.422. The maximum atomic E-state index is 12.5. The number of rotatable bonds is 6. The predicted molar refractivity (Wildman–Crippen MR) is 93.7 cm³/mol. The third kappa shape index (κ3) is 4.45. The van der Waals surface area contributed by atoms with E-state index in [1.807, 2.05) is 6.07 Å².